The molecule has 1 aromatic heterocycles. The molecule has 0 aliphatic carbocycles. The summed E-state index contributed by atoms with van der Waals surface area (Å²) in [6, 6.07) is 10.7. The van der Waals surface area contributed by atoms with Gasteiger partial charge in [-0.15, -0.1) is 0 Å². The number of carbonyl (C=O) groups is 1. The number of benzene rings is 1. The molecule has 2 rings (SSSR count). The van der Waals surface area contributed by atoms with Crippen LogP contribution in [0.25, 0.3) is 0 Å². The zero-order valence-electron chi connectivity index (χ0n) is 10.8. The fraction of sp³-hybridized carbons (Fsp3) is 0.143. The highest BCUT2D eigenvalue weighted by molar-refractivity contribution is 5.94. The minimum absolute atomic E-state index is 0.358. The number of hydrogen-bond acceptors (Lipinski definition) is 4. The fourth-order valence-corrected chi connectivity index (χ4v) is 1.70. The van der Waals surface area contributed by atoms with Crippen molar-refractivity contribution in [3.8, 4) is 6.07 Å². The van der Waals surface area contributed by atoms with Gasteiger partial charge in [-0.3, -0.25) is 9.59 Å². The highest BCUT2D eigenvalue weighted by Crippen LogP contribution is 2.15. The van der Waals surface area contributed by atoms with Gasteiger partial charge < -0.3 is 5.32 Å². The molecule has 1 heterocycles. The average Bonchev–Trinajstić information content (AvgIpc) is 2.47. The smallest absolute Gasteiger partial charge is 0.267 e. The van der Waals surface area contributed by atoms with Crippen LogP contribution >= 0.6 is 0 Å². The van der Waals surface area contributed by atoms with E-state index in [0.29, 0.717) is 11.3 Å². The number of para-hydroxylation sites is 1. The number of rotatable bonds is 3. The van der Waals surface area contributed by atoms with Gasteiger partial charge in [0.15, 0.2) is 0 Å². The van der Waals surface area contributed by atoms with Crippen molar-refractivity contribution in [1.29, 1.82) is 5.26 Å². The maximum absolute atomic E-state index is 12.1. The summed E-state index contributed by atoms with van der Waals surface area (Å²) in [7, 11) is 0. The van der Waals surface area contributed by atoms with Gasteiger partial charge in [-0.05, 0) is 25.1 Å². The summed E-state index contributed by atoms with van der Waals surface area (Å²) in [5, 5.41) is 15.4. The summed E-state index contributed by atoms with van der Waals surface area (Å²) in [4.78, 5) is 23.7. The molecule has 6 nitrogen and oxygen atoms in total. The van der Waals surface area contributed by atoms with Crippen LogP contribution in [0, 0.1) is 11.3 Å². The standard InChI is InChI=1S/C14H12N4O2/c1-10(18-13(19)7-4-8-16-18)14(20)17-12-6-3-2-5-11(12)9-15/h2-8,10H,1H3,(H,17,20). The van der Waals surface area contributed by atoms with Crippen LogP contribution in [0.1, 0.15) is 18.5 Å². The zero-order valence-corrected chi connectivity index (χ0v) is 10.8. The summed E-state index contributed by atoms with van der Waals surface area (Å²) < 4.78 is 1.09. The van der Waals surface area contributed by atoms with Crippen molar-refractivity contribution < 1.29 is 4.79 Å². The molecule has 0 saturated heterocycles. The van der Waals surface area contributed by atoms with E-state index in [4.69, 9.17) is 5.26 Å². The van der Waals surface area contributed by atoms with Crippen molar-refractivity contribution in [1.82, 2.24) is 9.78 Å². The Kier molecular flexibility index (Phi) is 3.91. The maximum Gasteiger partial charge on any atom is 0.267 e. The van der Waals surface area contributed by atoms with E-state index in [0.717, 1.165) is 4.68 Å². The summed E-state index contributed by atoms with van der Waals surface area (Å²) in [5.74, 6) is -0.409. The molecule has 0 radical (unpaired) electrons. The van der Waals surface area contributed by atoms with E-state index in [2.05, 4.69) is 10.4 Å². The molecular formula is C14H12N4O2. The molecule has 2 aromatic rings. The van der Waals surface area contributed by atoms with Crippen LogP contribution in [-0.4, -0.2) is 15.7 Å². The Bertz CT molecular complexity index is 730. The van der Waals surface area contributed by atoms with Crippen LogP contribution in [0.2, 0.25) is 0 Å². The number of hydrogen-bond donors (Lipinski definition) is 1. The molecule has 1 unspecified atom stereocenters. The third-order valence-electron chi connectivity index (χ3n) is 2.79. The van der Waals surface area contributed by atoms with Gasteiger partial charge in [0.2, 0.25) is 5.91 Å². The quantitative estimate of drug-likeness (QED) is 0.909. The molecule has 0 aliphatic heterocycles. The van der Waals surface area contributed by atoms with Crippen molar-refractivity contribution >= 4 is 11.6 Å². The molecule has 100 valence electrons. The third-order valence-corrected chi connectivity index (χ3v) is 2.79. The molecular weight excluding hydrogens is 256 g/mol. The molecule has 1 N–H and O–H groups in total. The Balaban J connectivity index is 2.23. The highest BCUT2D eigenvalue weighted by Gasteiger charge is 2.17. The largest absolute Gasteiger partial charge is 0.323 e. The zero-order chi connectivity index (χ0) is 14.5. The second-order valence-corrected chi connectivity index (χ2v) is 4.13. The van der Waals surface area contributed by atoms with Crippen molar-refractivity contribution in [3.63, 3.8) is 0 Å². The molecule has 0 aliphatic rings. The number of nitrogens with one attached hydrogen (secondary N) is 1. The molecule has 0 saturated carbocycles. The first-order chi connectivity index (χ1) is 9.63. The first-order valence-electron chi connectivity index (χ1n) is 5.97. The van der Waals surface area contributed by atoms with Gasteiger partial charge in [0.1, 0.15) is 12.1 Å². The number of carbonyl (C=O) groups excluding carboxylic acids is 1. The molecule has 1 aromatic carbocycles. The Labute approximate surface area is 115 Å². The average molecular weight is 268 g/mol. The lowest BCUT2D eigenvalue weighted by molar-refractivity contribution is -0.119. The number of aromatic nitrogens is 2. The maximum atomic E-state index is 12.1. The van der Waals surface area contributed by atoms with Gasteiger partial charge in [-0.25, -0.2) is 4.68 Å². The van der Waals surface area contributed by atoms with E-state index in [1.165, 1.54) is 18.3 Å². The van der Waals surface area contributed by atoms with Gasteiger partial charge >= 0.3 is 0 Å². The Hall–Kier alpha value is -2.94. The van der Waals surface area contributed by atoms with Crippen LogP contribution in [0.3, 0.4) is 0 Å². The van der Waals surface area contributed by atoms with E-state index < -0.39 is 11.9 Å². The number of anilines is 1. The number of amides is 1. The number of nitriles is 1. The fourth-order valence-electron chi connectivity index (χ4n) is 1.70. The van der Waals surface area contributed by atoms with Crippen molar-refractivity contribution in [2.45, 2.75) is 13.0 Å². The molecule has 0 bridgehead atoms. The first kappa shape index (κ1) is 13.5. The van der Waals surface area contributed by atoms with Gasteiger partial charge in [0.25, 0.3) is 5.56 Å². The summed E-state index contributed by atoms with van der Waals surface area (Å²) >= 11 is 0. The second kappa shape index (κ2) is 5.80. The normalized spacial score (nSPS) is 11.4. The lowest BCUT2D eigenvalue weighted by Gasteiger charge is -2.14. The van der Waals surface area contributed by atoms with Gasteiger partial charge in [-0.2, -0.15) is 10.4 Å². The lowest BCUT2D eigenvalue weighted by Crippen LogP contribution is -2.32. The van der Waals surface area contributed by atoms with Crippen LogP contribution in [-0.2, 0) is 4.79 Å². The van der Waals surface area contributed by atoms with E-state index in [1.807, 2.05) is 6.07 Å². The van der Waals surface area contributed by atoms with Crippen LogP contribution in [0.4, 0.5) is 5.69 Å². The molecule has 6 heteroatoms. The van der Waals surface area contributed by atoms with Crippen LogP contribution < -0.4 is 10.9 Å². The van der Waals surface area contributed by atoms with Crippen LogP contribution in [0.15, 0.2) is 47.4 Å². The van der Waals surface area contributed by atoms with Crippen LogP contribution in [0.5, 0.6) is 0 Å². The topological polar surface area (TPSA) is 87.8 Å². The Morgan fingerprint density at radius 2 is 2.10 bits per heavy atom. The van der Waals surface area contributed by atoms with Crippen molar-refractivity contribution in [3.05, 3.63) is 58.5 Å². The minimum atomic E-state index is -0.768. The van der Waals surface area contributed by atoms with E-state index in [1.54, 1.807) is 31.2 Å². The SMILES string of the molecule is CC(C(=O)Nc1ccccc1C#N)n1ncccc1=O. The van der Waals surface area contributed by atoms with Gasteiger partial charge in [0.05, 0.1) is 11.3 Å². The van der Waals surface area contributed by atoms with Gasteiger partial charge in [0, 0.05) is 12.3 Å². The van der Waals surface area contributed by atoms with Gasteiger partial charge in [-0.1, -0.05) is 12.1 Å². The molecule has 20 heavy (non-hydrogen) atoms. The summed E-state index contributed by atoms with van der Waals surface area (Å²) in [6.07, 6.45) is 1.44. The molecule has 0 fully saturated rings. The van der Waals surface area contributed by atoms with E-state index in [9.17, 15) is 9.59 Å². The molecule has 1 atom stereocenters. The number of nitrogens with zero attached hydrogens (tertiary/aromatic N) is 3. The highest BCUT2D eigenvalue weighted by atomic mass is 16.2. The van der Waals surface area contributed by atoms with Crippen molar-refractivity contribution in [2.24, 2.45) is 0 Å². The van der Waals surface area contributed by atoms with Crippen molar-refractivity contribution in [2.75, 3.05) is 5.32 Å². The molecule has 1 amide bonds. The predicted octanol–water partition coefficient (Wildman–Crippen LogP) is 1.31. The Morgan fingerprint density at radius 3 is 2.80 bits per heavy atom. The summed E-state index contributed by atoms with van der Waals surface area (Å²) in [6.45, 7) is 1.57. The third kappa shape index (κ3) is 2.72. The summed E-state index contributed by atoms with van der Waals surface area (Å²) in [5.41, 5.74) is 0.418. The molecule has 0 spiro atoms. The monoisotopic (exact) mass is 268 g/mol. The first-order valence-corrected chi connectivity index (χ1v) is 5.97. The Morgan fingerprint density at radius 1 is 1.35 bits per heavy atom. The predicted molar refractivity (Wildman–Crippen MR) is 73.0 cm³/mol. The van der Waals surface area contributed by atoms with E-state index in [-0.39, 0.29) is 5.56 Å². The lowest BCUT2D eigenvalue weighted by atomic mass is 10.2. The minimum Gasteiger partial charge on any atom is -0.323 e. The second-order valence-electron chi connectivity index (χ2n) is 4.13. The van der Waals surface area contributed by atoms with E-state index >= 15 is 0 Å².